The molecule has 170 valence electrons. The number of ether oxygens (including phenoxy) is 1. The molecule has 1 aliphatic rings. The molecule has 2 aromatic carbocycles. The van der Waals surface area contributed by atoms with E-state index in [1.807, 2.05) is 4.90 Å². The molecule has 1 heterocycles. The van der Waals surface area contributed by atoms with Crippen LogP contribution in [0.1, 0.15) is 5.56 Å². The van der Waals surface area contributed by atoms with Gasteiger partial charge < -0.3 is 9.84 Å². The monoisotopic (exact) mass is 478 g/mol. The molecule has 0 saturated carbocycles. The third-order valence-electron chi connectivity index (χ3n) is 4.87. The molecule has 2 aromatic rings. The van der Waals surface area contributed by atoms with Crippen molar-refractivity contribution in [3.63, 3.8) is 0 Å². The van der Waals surface area contributed by atoms with Crippen molar-refractivity contribution < 1.29 is 31.4 Å². The number of halogens is 4. The fourth-order valence-corrected chi connectivity index (χ4v) is 5.05. The van der Waals surface area contributed by atoms with Gasteiger partial charge in [0.1, 0.15) is 18.5 Å². The molecule has 0 spiro atoms. The van der Waals surface area contributed by atoms with Crippen molar-refractivity contribution in [1.29, 1.82) is 0 Å². The molecule has 11 heteroatoms. The van der Waals surface area contributed by atoms with E-state index in [1.165, 1.54) is 6.07 Å². The van der Waals surface area contributed by atoms with Gasteiger partial charge in [-0.2, -0.15) is 17.5 Å². The summed E-state index contributed by atoms with van der Waals surface area (Å²) in [6, 6.07) is 10.9. The molecule has 1 saturated heterocycles. The predicted molar refractivity (Wildman–Crippen MR) is 110 cm³/mol. The van der Waals surface area contributed by atoms with Gasteiger partial charge in [-0.25, -0.2) is 8.42 Å². The van der Waals surface area contributed by atoms with Crippen molar-refractivity contribution in [2.24, 2.45) is 0 Å². The third kappa shape index (κ3) is 6.11. The van der Waals surface area contributed by atoms with Crippen LogP contribution in [-0.4, -0.2) is 68.2 Å². The highest BCUT2D eigenvalue weighted by Crippen LogP contribution is 2.35. The Balaban J connectivity index is 1.55. The third-order valence-corrected chi connectivity index (χ3v) is 7.08. The summed E-state index contributed by atoms with van der Waals surface area (Å²) in [7, 11) is -4.29. The van der Waals surface area contributed by atoms with Gasteiger partial charge in [0.05, 0.1) is 10.5 Å². The maximum Gasteiger partial charge on any atom is 0.417 e. The Morgan fingerprint density at radius 1 is 1.03 bits per heavy atom. The first-order chi connectivity index (χ1) is 14.6. The molecule has 0 aromatic heterocycles. The van der Waals surface area contributed by atoms with E-state index in [0.717, 1.165) is 22.5 Å². The van der Waals surface area contributed by atoms with E-state index in [-0.39, 0.29) is 39.3 Å². The van der Waals surface area contributed by atoms with Crippen LogP contribution in [0, 0.1) is 0 Å². The normalized spacial score (nSPS) is 17.5. The molecule has 0 amide bonds. The zero-order valence-electron chi connectivity index (χ0n) is 16.4. The molecular weight excluding hydrogens is 457 g/mol. The predicted octanol–water partition coefficient (Wildman–Crippen LogP) is 3.11. The maximum absolute atomic E-state index is 13.2. The van der Waals surface area contributed by atoms with Gasteiger partial charge in [-0.15, -0.1) is 0 Å². The van der Waals surface area contributed by atoms with Crippen molar-refractivity contribution in [3.05, 3.63) is 59.1 Å². The number of alkyl halides is 3. The lowest BCUT2D eigenvalue weighted by molar-refractivity contribution is -0.139. The summed E-state index contributed by atoms with van der Waals surface area (Å²) in [5, 5.41) is 10.8. The highest BCUT2D eigenvalue weighted by molar-refractivity contribution is 7.89. The molecule has 3 rings (SSSR count). The summed E-state index contributed by atoms with van der Waals surface area (Å²) < 4.78 is 71.8. The SMILES string of the molecule is O=S(=O)(c1ccccc1C(F)(F)F)N1CCN(C[C@H](O)COc2ccc(Cl)cc2)CC1. The molecule has 0 radical (unpaired) electrons. The number of hydrogen-bond donors (Lipinski definition) is 1. The lowest BCUT2D eigenvalue weighted by Gasteiger charge is -2.35. The van der Waals surface area contributed by atoms with E-state index in [4.69, 9.17) is 16.3 Å². The number of aliphatic hydroxyl groups is 1. The highest BCUT2D eigenvalue weighted by atomic mass is 35.5. The minimum atomic E-state index is -4.76. The van der Waals surface area contributed by atoms with Crippen molar-refractivity contribution in [1.82, 2.24) is 9.21 Å². The standard InChI is InChI=1S/C20H22ClF3N2O4S/c21-15-5-7-17(8-6-15)30-14-16(27)13-25-9-11-26(12-10-25)31(28,29)19-4-2-1-3-18(19)20(22,23)24/h1-8,16,27H,9-14H2/t16-/m0/s1. The number of sulfonamides is 1. The van der Waals surface area contributed by atoms with E-state index >= 15 is 0 Å². The quantitative estimate of drug-likeness (QED) is 0.662. The minimum absolute atomic E-state index is 0.0271. The van der Waals surface area contributed by atoms with Crippen molar-refractivity contribution in [2.45, 2.75) is 17.2 Å². The minimum Gasteiger partial charge on any atom is -0.491 e. The Morgan fingerprint density at radius 3 is 2.26 bits per heavy atom. The Bertz CT molecular complexity index is 979. The number of piperazine rings is 1. The van der Waals surface area contributed by atoms with E-state index in [2.05, 4.69) is 0 Å². The molecule has 1 N–H and O–H groups in total. The van der Waals surface area contributed by atoms with Crippen LogP contribution in [0.2, 0.25) is 5.02 Å². The van der Waals surface area contributed by atoms with Crippen molar-refractivity contribution >= 4 is 21.6 Å². The Labute approximate surface area is 183 Å². The maximum atomic E-state index is 13.2. The van der Waals surface area contributed by atoms with Crippen LogP contribution in [-0.2, 0) is 16.2 Å². The van der Waals surface area contributed by atoms with Crippen LogP contribution in [0.3, 0.4) is 0 Å². The first-order valence-corrected chi connectivity index (χ1v) is 11.3. The topological polar surface area (TPSA) is 70.1 Å². The average molecular weight is 479 g/mol. The van der Waals surface area contributed by atoms with Crippen LogP contribution in [0.4, 0.5) is 13.2 Å². The second-order valence-corrected chi connectivity index (χ2v) is 9.46. The van der Waals surface area contributed by atoms with Crippen LogP contribution in [0.5, 0.6) is 5.75 Å². The molecule has 1 fully saturated rings. The van der Waals surface area contributed by atoms with Gasteiger partial charge in [-0.1, -0.05) is 23.7 Å². The second-order valence-electron chi connectivity index (χ2n) is 7.12. The number of hydrogen-bond acceptors (Lipinski definition) is 5. The largest absolute Gasteiger partial charge is 0.491 e. The van der Waals surface area contributed by atoms with Gasteiger partial charge in [-0.05, 0) is 36.4 Å². The zero-order chi connectivity index (χ0) is 22.6. The first kappa shape index (κ1) is 23.8. The molecule has 0 aliphatic carbocycles. The molecule has 6 nitrogen and oxygen atoms in total. The Hall–Kier alpha value is -1.85. The summed E-state index contributed by atoms with van der Waals surface area (Å²) in [6.07, 6.45) is -5.58. The number of nitrogens with zero attached hydrogens (tertiary/aromatic N) is 2. The van der Waals surface area contributed by atoms with E-state index in [9.17, 15) is 26.7 Å². The van der Waals surface area contributed by atoms with Crippen LogP contribution >= 0.6 is 11.6 Å². The van der Waals surface area contributed by atoms with E-state index in [0.29, 0.717) is 10.8 Å². The molecule has 1 atom stereocenters. The Morgan fingerprint density at radius 2 is 1.65 bits per heavy atom. The van der Waals surface area contributed by atoms with Crippen molar-refractivity contribution in [3.8, 4) is 5.75 Å². The van der Waals surface area contributed by atoms with Gasteiger partial charge in [0, 0.05) is 37.7 Å². The lowest BCUT2D eigenvalue weighted by atomic mass is 10.2. The summed E-state index contributed by atoms with van der Waals surface area (Å²) in [4.78, 5) is 1.10. The zero-order valence-corrected chi connectivity index (χ0v) is 18.0. The summed E-state index contributed by atoms with van der Waals surface area (Å²) in [5.74, 6) is 0.558. The van der Waals surface area contributed by atoms with Gasteiger partial charge >= 0.3 is 6.18 Å². The summed E-state index contributed by atoms with van der Waals surface area (Å²) >= 11 is 5.80. The lowest BCUT2D eigenvalue weighted by Crippen LogP contribution is -2.51. The van der Waals surface area contributed by atoms with Gasteiger partial charge in [0.2, 0.25) is 10.0 Å². The van der Waals surface area contributed by atoms with E-state index < -0.39 is 32.8 Å². The fourth-order valence-electron chi connectivity index (χ4n) is 3.29. The number of rotatable bonds is 7. The fraction of sp³-hybridized carbons (Fsp3) is 0.400. The molecule has 31 heavy (non-hydrogen) atoms. The molecular formula is C20H22ClF3N2O4S. The smallest absolute Gasteiger partial charge is 0.417 e. The van der Waals surface area contributed by atoms with Crippen molar-refractivity contribution in [2.75, 3.05) is 39.3 Å². The van der Waals surface area contributed by atoms with Crippen LogP contribution in [0.15, 0.2) is 53.4 Å². The van der Waals surface area contributed by atoms with Gasteiger partial charge in [-0.3, -0.25) is 4.90 Å². The Kier molecular flexibility index (Phi) is 7.48. The molecule has 0 unspecified atom stereocenters. The average Bonchev–Trinajstić information content (AvgIpc) is 2.73. The highest BCUT2D eigenvalue weighted by Gasteiger charge is 2.39. The van der Waals surface area contributed by atoms with E-state index in [1.54, 1.807) is 24.3 Å². The number of aliphatic hydroxyl groups excluding tert-OH is 1. The summed E-state index contributed by atoms with van der Waals surface area (Å²) in [6.45, 7) is 0.912. The van der Waals surface area contributed by atoms with Gasteiger partial charge in [0.15, 0.2) is 0 Å². The van der Waals surface area contributed by atoms with Crippen LogP contribution in [0.25, 0.3) is 0 Å². The number of benzene rings is 2. The first-order valence-electron chi connectivity index (χ1n) is 9.52. The van der Waals surface area contributed by atoms with Crippen LogP contribution < -0.4 is 4.74 Å². The molecule has 1 aliphatic heterocycles. The summed E-state index contributed by atoms with van der Waals surface area (Å²) in [5.41, 5.74) is -1.17. The molecule has 0 bridgehead atoms. The second kappa shape index (κ2) is 9.74. The number of β-amino-alcohol motifs (C(OH)–C–C–N with tert-alkyl or cyclic N) is 1. The van der Waals surface area contributed by atoms with Gasteiger partial charge in [0.25, 0.3) is 0 Å².